The average Bonchev–Trinajstić information content (AvgIpc) is 3.04. The van der Waals surface area contributed by atoms with E-state index < -0.39 is 0 Å². The minimum atomic E-state index is 0.310. The number of hydrogen-bond acceptors (Lipinski definition) is 5. The molecule has 2 aliphatic heterocycles. The molecule has 23 heavy (non-hydrogen) atoms. The summed E-state index contributed by atoms with van der Waals surface area (Å²) in [6, 6.07) is 6.09. The van der Waals surface area contributed by atoms with Gasteiger partial charge in [0.25, 0.3) is 0 Å². The first-order chi connectivity index (χ1) is 11.1. The molecule has 2 aromatic rings. The van der Waals surface area contributed by atoms with Crippen molar-refractivity contribution in [2.24, 2.45) is 7.05 Å². The third-order valence-electron chi connectivity index (χ3n) is 4.62. The van der Waals surface area contributed by atoms with Gasteiger partial charge in [0.15, 0.2) is 0 Å². The molecule has 0 bridgehead atoms. The fourth-order valence-corrected chi connectivity index (χ4v) is 5.21. The number of pyridine rings is 1. The summed E-state index contributed by atoms with van der Waals surface area (Å²) in [5.41, 5.74) is 2.39. The van der Waals surface area contributed by atoms with E-state index in [9.17, 15) is 0 Å². The van der Waals surface area contributed by atoms with E-state index >= 15 is 0 Å². The second-order valence-electron chi connectivity index (χ2n) is 6.67. The monoisotopic (exact) mass is 330 g/mol. The smallest absolute Gasteiger partial charge is 0.138 e. The Bertz CT molecular complexity index is 681. The zero-order valence-electron chi connectivity index (χ0n) is 13.6. The second-order valence-corrected chi connectivity index (χ2v) is 8.16. The summed E-state index contributed by atoms with van der Waals surface area (Å²) in [6.45, 7) is 5.34. The number of aryl methyl sites for hydroxylation is 2. The quantitative estimate of drug-likeness (QED) is 0.860. The van der Waals surface area contributed by atoms with Crippen molar-refractivity contribution in [2.75, 3.05) is 18.8 Å². The molecule has 2 saturated heterocycles. The predicted molar refractivity (Wildman–Crippen MR) is 91.7 cm³/mol. The van der Waals surface area contributed by atoms with Gasteiger partial charge in [0.05, 0.1) is 17.6 Å². The Labute approximate surface area is 141 Å². The molecule has 122 valence electrons. The normalized spacial score (nSPS) is 23.1. The predicted octanol–water partition coefficient (Wildman–Crippen LogP) is 2.26. The molecule has 6 heteroatoms. The molecule has 0 N–H and O–H groups in total. The lowest BCUT2D eigenvalue weighted by Gasteiger charge is -2.47. The maximum absolute atomic E-state index is 6.07. The first-order valence-corrected chi connectivity index (χ1v) is 9.03. The molecule has 4 heterocycles. The van der Waals surface area contributed by atoms with Gasteiger partial charge in [0, 0.05) is 49.8 Å². The summed E-state index contributed by atoms with van der Waals surface area (Å²) in [6.07, 6.45) is 5.02. The molecule has 2 aliphatic rings. The molecular weight excluding hydrogens is 308 g/mol. The molecule has 2 fully saturated rings. The van der Waals surface area contributed by atoms with Gasteiger partial charge < -0.3 is 4.74 Å². The lowest BCUT2D eigenvalue weighted by Crippen LogP contribution is -2.58. The summed E-state index contributed by atoms with van der Waals surface area (Å²) in [7, 11) is 2.03. The molecule has 0 unspecified atom stereocenters. The van der Waals surface area contributed by atoms with E-state index in [2.05, 4.69) is 32.8 Å². The van der Waals surface area contributed by atoms with Gasteiger partial charge in [0.1, 0.15) is 11.9 Å². The van der Waals surface area contributed by atoms with Gasteiger partial charge in [0.2, 0.25) is 0 Å². The molecule has 5 nitrogen and oxygen atoms in total. The van der Waals surface area contributed by atoms with Crippen LogP contribution in [0.1, 0.15) is 17.8 Å². The van der Waals surface area contributed by atoms with E-state index in [-0.39, 0.29) is 0 Å². The van der Waals surface area contributed by atoms with Crippen LogP contribution in [0.3, 0.4) is 0 Å². The van der Waals surface area contributed by atoms with Gasteiger partial charge in [-0.2, -0.15) is 5.10 Å². The molecular formula is C17H22N4OS. The van der Waals surface area contributed by atoms with Gasteiger partial charge in [-0.1, -0.05) is 0 Å². The first-order valence-electron chi connectivity index (χ1n) is 8.04. The van der Waals surface area contributed by atoms with Crippen LogP contribution < -0.4 is 4.74 Å². The average molecular weight is 330 g/mol. The van der Waals surface area contributed by atoms with Crippen LogP contribution >= 0.6 is 11.8 Å². The van der Waals surface area contributed by atoms with Crippen LogP contribution in [-0.4, -0.2) is 49.4 Å². The number of likely N-dealkylation sites (tertiary alicyclic amines) is 1. The lowest BCUT2D eigenvalue weighted by atomic mass is 9.93. The second kappa shape index (κ2) is 5.83. The molecule has 0 aliphatic carbocycles. The molecule has 2 aromatic heterocycles. The van der Waals surface area contributed by atoms with Gasteiger partial charge in [-0.3, -0.25) is 14.6 Å². The van der Waals surface area contributed by atoms with Crippen molar-refractivity contribution in [2.45, 2.75) is 30.7 Å². The van der Waals surface area contributed by atoms with Gasteiger partial charge in [-0.25, -0.2) is 0 Å². The molecule has 0 aromatic carbocycles. The summed E-state index contributed by atoms with van der Waals surface area (Å²) < 4.78 is 8.45. The van der Waals surface area contributed by atoms with E-state index in [1.54, 1.807) is 12.4 Å². The van der Waals surface area contributed by atoms with E-state index in [4.69, 9.17) is 4.74 Å². The summed E-state index contributed by atoms with van der Waals surface area (Å²) >= 11 is 2.07. The topological polar surface area (TPSA) is 43.2 Å². The number of hydrogen-bond donors (Lipinski definition) is 0. The summed E-state index contributed by atoms with van der Waals surface area (Å²) in [4.78, 5) is 6.63. The van der Waals surface area contributed by atoms with Crippen molar-refractivity contribution in [3.63, 3.8) is 0 Å². The Balaban J connectivity index is 1.30. The summed E-state index contributed by atoms with van der Waals surface area (Å²) in [5.74, 6) is 1.96. The van der Waals surface area contributed by atoms with Crippen molar-refractivity contribution in [3.8, 4) is 5.75 Å². The number of thioether (sulfide) groups is 1. The Kier molecular flexibility index (Phi) is 3.81. The Hall–Kier alpha value is -1.53. The Morgan fingerprint density at radius 1 is 1.43 bits per heavy atom. The zero-order valence-corrected chi connectivity index (χ0v) is 14.4. The fraction of sp³-hybridized carbons (Fsp3) is 0.529. The van der Waals surface area contributed by atoms with Crippen LogP contribution in [0.5, 0.6) is 5.75 Å². The number of ether oxygens (including phenoxy) is 1. The van der Waals surface area contributed by atoms with E-state index in [0.29, 0.717) is 10.9 Å². The first kappa shape index (κ1) is 15.0. The summed E-state index contributed by atoms with van der Waals surface area (Å²) in [5, 5.41) is 4.43. The number of nitrogens with zero attached hydrogens (tertiary/aromatic N) is 4. The van der Waals surface area contributed by atoms with Crippen LogP contribution in [0.2, 0.25) is 0 Å². The molecule has 4 rings (SSSR count). The highest BCUT2D eigenvalue weighted by Crippen LogP contribution is 2.46. The van der Waals surface area contributed by atoms with E-state index in [1.807, 2.05) is 30.8 Å². The largest absolute Gasteiger partial charge is 0.488 e. The number of rotatable bonds is 4. The SMILES string of the molecule is Cc1cc(CN2CC3(C[C@@H](Oc4cccnc4)CS3)C2)n(C)n1. The van der Waals surface area contributed by atoms with Crippen molar-refractivity contribution >= 4 is 11.8 Å². The molecule has 1 atom stereocenters. The van der Waals surface area contributed by atoms with Gasteiger partial charge >= 0.3 is 0 Å². The van der Waals surface area contributed by atoms with Crippen LogP contribution in [0, 0.1) is 6.92 Å². The fourth-order valence-electron chi connectivity index (χ4n) is 3.63. The molecule has 0 radical (unpaired) electrons. The highest BCUT2D eigenvalue weighted by atomic mass is 32.2. The third-order valence-corrected chi connectivity index (χ3v) is 6.20. The molecule has 0 saturated carbocycles. The Morgan fingerprint density at radius 2 is 2.30 bits per heavy atom. The van der Waals surface area contributed by atoms with Crippen molar-refractivity contribution in [1.29, 1.82) is 0 Å². The highest BCUT2D eigenvalue weighted by Gasteiger charge is 2.49. The van der Waals surface area contributed by atoms with Crippen LogP contribution in [0.4, 0.5) is 0 Å². The van der Waals surface area contributed by atoms with E-state index in [1.165, 1.54) is 5.69 Å². The Morgan fingerprint density at radius 3 is 3.00 bits per heavy atom. The van der Waals surface area contributed by atoms with Crippen molar-refractivity contribution in [1.82, 2.24) is 19.7 Å². The standard InChI is InChI=1S/C17H22N4OS/c1-13-6-14(20(2)19-13)9-21-11-17(12-21)7-16(10-23-17)22-15-4-3-5-18-8-15/h3-6,8,16H,7,9-12H2,1-2H3/t16-/m1/s1. The van der Waals surface area contributed by atoms with Crippen LogP contribution in [0.15, 0.2) is 30.6 Å². The molecule has 1 spiro atoms. The molecule has 0 amide bonds. The third kappa shape index (κ3) is 3.10. The minimum absolute atomic E-state index is 0.310. The zero-order chi connectivity index (χ0) is 15.9. The minimum Gasteiger partial charge on any atom is -0.488 e. The van der Waals surface area contributed by atoms with Gasteiger partial charge in [-0.05, 0) is 25.1 Å². The van der Waals surface area contributed by atoms with Gasteiger partial charge in [-0.15, -0.1) is 11.8 Å². The highest BCUT2D eigenvalue weighted by molar-refractivity contribution is 8.01. The van der Waals surface area contributed by atoms with Crippen LogP contribution in [-0.2, 0) is 13.6 Å². The van der Waals surface area contributed by atoms with E-state index in [0.717, 1.165) is 43.3 Å². The maximum Gasteiger partial charge on any atom is 0.138 e. The lowest BCUT2D eigenvalue weighted by molar-refractivity contribution is 0.0897. The van der Waals surface area contributed by atoms with Crippen molar-refractivity contribution in [3.05, 3.63) is 42.0 Å². The van der Waals surface area contributed by atoms with Crippen LogP contribution in [0.25, 0.3) is 0 Å². The number of aromatic nitrogens is 3. The maximum atomic E-state index is 6.07. The van der Waals surface area contributed by atoms with Crippen molar-refractivity contribution < 1.29 is 4.74 Å².